The number of anilines is 2. The van der Waals surface area contributed by atoms with Crippen LogP contribution in [0.15, 0.2) is 34.4 Å². The Morgan fingerprint density at radius 1 is 1.44 bits per heavy atom. The van der Waals surface area contributed by atoms with Crippen molar-refractivity contribution in [1.82, 2.24) is 14.8 Å². The number of alkyl halides is 2. The molecule has 0 saturated carbocycles. The highest BCUT2D eigenvalue weighted by molar-refractivity contribution is 7.92. The lowest BCUT2D eigenvalue weighted by molar-refractivity contribution is 0.122. The zero-order valence-corrected chi connectivity index (χ0v) is 15.2. The Bertz CT molecular complexity index is 1100. The topological polar surface area (TPSA) is 118 Å². The maximum absolute atomic E-state index is 12.7. The van der Waals surface area contributed by atoms with E-state index >= 15 is 0 Å². The molecule has 2 heterocycles. The summed E-state index contributed by atoms with van der Waals surface area (Å²) in [7, 11) is -4.13. The molecule has 0 amide bonds. The van der Waals surface area contributed by atoms with Crippen LogP contribution in [-0.4, -0.2) is 36.3 Å². The number of hydrogen-bond donors (Lipinski definition) is 3. The number of nitrogens with zero attached hydrogens (tertiary/aromatic N) is 3. The Balaban J connectivity index is 2.01. The smallest absolute Gasteiger partial charge is 0.267 e. The van der Waals surface area contributed by atoms with Crippen molar-refractivity contribution in [3.63, 3.8) is 0 Å². The molecular weight excluding hydrogens is 378 g/mol. The molecule has 0 bridgehead atoms. The fourth-order valence-corrected chi connectivity index (χ4v) is 4.03. The molecule has 3 rings (SSSR count). The highest BCUT2D eigenvalue weighted by atomic mass is 32.2. The molecular formula is C16H18F2N6O2S. The third kappa shape index (κ3) is 3.50. The van der Waals surface area contributed by atoms with Crippen LogP contribution in [0.2, 0.25) is 0 Å². The molecule has 0 aliphatic rings. The molecule has 0 spiro atoms. The zero-order valence-electron chi connectivity index (χ0n) is 14.4. The van der Waals surface area contributed by atoms with Crippen LogP contribution in [0.25, 0.3) is 10.9 Å². The molecule has 11 heteroatoms. The van der Waals surface area contributed by atoms with Crippen LogP contribution in [0, 0.1) is 6.92 Å². The number of nitrogens with one attached hydrogen (secondary N) is 2. The van der Waals surface area contributed by atoms with E-state index in [-0.39, 0.29) is 10.7 Å². The molecule has 2 aromatic heterocycles. The Kier molecular flexibility index (Phi) is 4.87. The minimum absolute atomic E-state index is 0.298. The van der Waals surface area contributed by atoms with Crippen molar-refractivity contribution in [2.24, 2.45) is 4.99 Å². The summed E-state index contributed by atoms with van der Waals surface area (Å²) in [6.07, 6.45) is -0.0184. The normalized spacial score (nSPS) is 12.0. The second-order valence-electron chi connectivity index (χ2n) is 5.95. The summed E-state index contributed by atoms with van der Waals surface area (Å²) in [5, 5.41) is 4.47. The highest BCUT2D eigenvalue weighted by Crippen LogP contribution is 2.31. The Morgan fingerprint density at radius 3 is 2.85 bits per heavy atom. The monoisotopic (exact) mass is 396 g/mol. The number of halogens is 2. The molecule has 0 atom stereocenters. The number of aromatic nitrogens is 3. The highest BCUT2D eigenvalue weighted by Gasteiger charge is 2.24. The summed E-state index contributed by atoms with van der Waals surface area (Å²) >= 11 is 0. The Labute approximate surface area is 154 Å². The van der Waals surface area contributed by atoms with Gasteiger partial charge in [-0.15, -0.1) is 0 Å². The summed E-state index contributed by atoms with van der Waals surface area (Å²) in [5.74, 6) is -0.353. The van der Waals surface area contributed by atoms with Gasteiger partial charge in [0.2, 0.25) is 0 Å². The molecule has 0 aliphatic carbocycles. The van der Waals surface area contributed by atoms with Crippen molar-refractivity contribution < 1.29 is 17.2 Å². The lowest BCUT2D eigenvalue weighted by Gasteiger charge is -2.10. The van der Waals surface area contributed by atoms with Gasteiger partial charge in [0.05, 0.1) is 23.9 Å². The molecule has 8 nitrogen and oxygen atoms in total. The van der Waals surface area contributed by atoms with E-state index in [0.717, 1.165) is 27.4 Å². The van der Waals surface area contributed by atoms with Crippen molar-refractivity contribution in [1.29, 1.82) is 0 Å². The Hall–Kier alpha value is -2.95. The van der Waals surface area contributed by atoms with Gasteiger partial charge in [0.15, 0.2) is 0 Å². The number of aryl methyl sites for hydroxylation is 1. The van der Waals surface area contributed by atoms with Gasteiger partial charge in [0, 0.05) is 11.6 Å². The number of benzene rings is 1. The first-order valence-electron chi connectivity index (χ1n) is 7.89. The molecule has 3 aromatic rings. The summed E-state index contributed by atoms with van der Waals surface area (Å²) in [5.41, 5.74) is 8.39. The summed E-state index contributed by atoms with van der Waals surface area (Å²) < 4.78 is 53.7. The average Bonchev–Trinajstić information content (AvgIpc) is 3.16. The SMILES string of the molecule is C=NCc1c[nH]c2c(NS(=O)(=O)c3cnn(CC(F)F)c3N)ccc(C)c12. The number of hydrogen-bond acceptors (Lipinski definition) is 5. The predicted molar refractivity (Wildman–Crippen MR) is 99.7 cm³/mol. The van der Waals surface area contributed by atoms with Gasteiger partial charge in [-0.2, -0.15) is 5.10 Å². The van der Waals surface area contributed by atoms with Crippen LogP contribution in [-0.2, 0) is 23.1 Å². The molecule has 144 valence electrons. The lowest BCUT2D eigenvalue weighted by atomic mass is 10.1. The van der Waals surface area contributed by atoms with Crippen molar-refractivity contribution in [2.75, 3.05) is 10.5 Å². The number of aromatic amines is 1. The van der Waals surface area contributed by atoms with E-state index in [0.29, 0.717) is 17.7 Å². The average molecular weight is 396 g/mol. The largest absolute Gasteiger partial charge is 0.383 e. The third-order valence-electron chi connectivity index (χ3n) is 4.10. The minimum atomic E-state index is -4.13. The summed E-state index contributed by atoms with van der Waals surface area (Å²) in [4.78, 5) is 6.53. The molecule has 4 N–H and O–H groups in total. The maximum Gasteiger partial charge on any atom is 0.267 e. The van der Waals surface area contributed by atoms with Crippen LogP contribution >= 0.6 is 0 Å². The van der Waals surface area contributed by atoms with Crippen LogP contribution in [0.1, 0.15) is 11.1 Å². The van der Waals surface area contributed by atoms with Crippen molar-refractivity contribution in [2.45, 2.75) is 31.3 Å². The van der Waals surface area contributed by atoms with Crippen LogP contribution in [0.3, 0.4) is 0 Å². The fourth-order valence-electron chi connectivity index (χ4n) is 2.89. The van der Waals surface area contributed by atoms with Gasteiger partial charge in [0.25, 0.3) is 16.4 Å². The summed E-state index contributed by atoms with van der Waals surface area (Å²) in [6.45, 7) is 4.96. The van der Waals surface area contributed by atoms with E-state index in [1.807, 2.05) is 6.92 Å². The number of nitrogen functional groups attached to an aromatic ring is 1. The molecule has 0 unspecified atom stereocenters. The number of fused-ring (bicyclic) bond motifs is 1. The number of aliphatic imine (C=N–C) groups is 1. The van der Waals surface area contributed by atoms with E-state index in [1.54, 1.807) is 18.3 Å². The molecule has 0 aliphatic heterocycles. The molecule has 27 heavy (non-hydrogen) atoms. The lowest BCUT2D eigenvalue weighted by Crippen LogP contribution is -2.16. The first-order chi connectivity index (χ1) is 12.7. The van der Waals surface area contributed by atoms with E-state index in [9.17, 15) is 17.2 Å². The van der Waals surface area contributed by atoms with Crippen molar-refractivity contribution in [3.8, 4) is 0 Å². The van der Waals surface area contributed by atoms with Gasteiger partial charge in [-0.3, -0.25) is 9.71 Å². The van der Waals surface area contributed by atoms with E-state index in [4.69, 9.17) is 5.73 Å². The first kappa shape index (κ1) is 18.8. The molecule has 0 radical (unpaired) electrons. The second kappa shape index (κ2) is 6.99. The molecule has 0 fully saturated rings. The first-order valence-corrected chi connectivity index (χ1v) is 9.37. The van der Waals surface area contributed by atoms with Gasteiger partial charge < -0.3 is 10.7 Å². The standard InChI is InChI=1S/C16H18F2N6O2S/c1-9-3-4-11(15-14(9)10(5-20-2)6-21-15)23-27(25,26)12-7-22-24(16(12)19)8-13(17)18/h3-4,6-7,13,21,23H,2,5,8,19H2,1H3. The van der Waals surface area contributed by atoms with E-state index in [1.165, 1.54) is 0 Å². The van der Waals surface area contributed by atoms with E-state index < -0.39 is 23.0 Å². The molecule has 0 saturated heterocycles. The quantitative estimate of drug-likeness (QED) is 0.532. The number of rotatable bonds is 7. The van der Waals surface area contributed by atoms with Gasteiger partial charge in [-0.25, -0.2) is 21.9 Å². The third-order valence-corrected chi connectivity index (χ3v) is 5.48. The Morgan fingerprint density at radius 2 is 2.19 bits per heavy atom. The van der Waals surface area contributed by atoms with Gasteiger partial charge >= 0.3 is 0 Å². The maximum atomic E-state index is 12.7. The predicted octanol–water partition coefficient (Wildman–Crippen LogP) is 2.52. The number of sulfonamides is 1. The van der Waals surface area contributed by atoms with Crippen LogP contribution in [0.5, 0.6) is 0 Å². The number of H-pyrrole nitrogens is 1. The second-order valence-corrected chi connectivity index (χ2v) is 7.60. The van der Waals surface area contributed by atoms with Gasteiger partial charge in [0.1, 0.15) is 17.3 Å². The van der Waals surface area contributed by atoms with E-state index in [2.05, 4.69) is 26.5 Å². The van der Waals surface area contributed by atoms with Crippen LogP contribution in [0.4, 0.5) is 20.3 Å². The van der Waals surface area contributed by atoms with Crippen molar-refractivity contribution >= 4 is 39.1 Å². The number of nitrogens with two attached hydrogens (primary N) is 1. The van der Waals surface area contributed by atoms with Crippen molar-refractivity contribution in [3.05, 3.63) is 35.7 Å². The fraction of sp³-hybridized carbons (Fsp3) is 0.250. The summed E-state index contributed by atoms with van der Waals surface area (Å²) in [6, 6.07) is 3.38. The zero-order chi connectivity index (χ0) is 19.8. The molecule has 1 aromatic carbocycles. The van der Waals surface area contributed by atoms with Gasteiger partial charge in [-0.05, 0) is 30.8 Å². The van der Waals surface area contributed by atoms with Crippen LogP contribution < -0.4 is 10.5 Å². The minimum Gasteiger partial charge on any atom is -0.383 e. The van der Waals surface area contributed by atoms with Gasteiger partial charge in [-0.1, -0.05) is 6.07 Å².